The Labute approximate surface area is 127 Å². The highest BCUT2D eigenvalue weighted by molar-refractivity contribution is 5.80. The number of carbonyl (C=O) groups is 1. The third kappa shape index (κ3) is 3.41. The second-order valence-electron chi connectivity index (χ2n) is 7.44. The molecule has 1 aliphatic heterocycles. The van der Waals surface area contributed by atoms with Crippen LogP contribution in [0.3, 0.4) is 0 Å². The Kier molecular flexibility index (Phi) is 4.26. The van der Waals surface area contributed by atoms with Gasteiger partial charge in [0.2, 0.25) is 0 Å². The first kappa shape index (κ1) is 15.3. The molecule has 2 N–H and O–H groups in total. The largest absolute Gasteiger partial charge is 0.480 e. The van der Waals surface area contributed by atoms with Crippen molar-refractivity contribution in [2.45, 2.75) is 56.1 Å². The normalized spacial score (nSPS) is 27.8. The first-order valence-electron chi connectivity index (χ1n) is 8.41. The van der Waals surface area contributed by atoms with Crippen molar-refractivity contribution >= 4 is 5.97 Å². The molecule has 120 valence electrons. The van der Waals surface area contributed by atoms with Crippen LogP contribution in [0.2, 0.25) is 0 Å². The van der Waals surface area contributed by atoms with Crippen LogP contribution in [0.25, 0.3) is 0 Å². The van der Waals surface area contributed by atoms with E-state index in [-0.39, 0.29) is 0 Å². The van der Waals surface area contributed by atoms with E-state index < -0.39 is 11.5 Å². The number of carboxylic acid groups (broad SMARTS) is 1. The summed E-state index contributed by atoms with van der Waals surface area (Å²) < 4.78 is 0. The van der Waals surface area contributed by atoms with Crippen molar-refractivity contribution in [3.05, 3.63) is 0 Å². The molecule has 5 nitrogen and oxygen atoms in total. The summed E-state index contributed by atoms with van der Waals surface area (Å²) in [5.41, 5.74) is -0.688. The molecule has 1 saturated heterocycles. The molecular weight excluding hydrogens is 266 g/mol. The number of hydrogen-bond donors (Lipinski definition) is 2. The number of likely N-dealkylation sites (tertiary alicyclic amines) is 1. The topological polar surface area (TPSA) is 55.8 Å². The van der Waals surface area contributed by atoms with E-state index >= 15 is 0 Å². The molecule has 1 heterocycles. The molecule has 2 saturated carbocycles. The maximum absolute atomic E-state index is 12.0. The standard InChI is InChI=1S/C16H29N3O2/c1-18(2)14-7-9-19(10-8-14)11-16(15(20)21,12-3-4-12)17-13-5-6-13/h12-14,17H,3-11H2,1-2H3,(H,20,21). The van der Waals surface area contributed by atoms with E-state index in [1.54, 1.807) is 0 Å². The number of piperidine rings is 1. The zero-order chi connectivity index (χ0) is 15.0. The summed E-state index contributed by atoms with van der Waals surface area (Å²) in [6.45, 7) is 2.73. The second-order valence-corrected chi connectivity index (χ2v) is 7.44. The number of carboxylic acids is 1. The Hall–Kier alpha value is -0.650. The lowest BCUT2D eigenvalue weighted by Crippen LogP contribution is -2.62. The number of nitrogens with one attached hydrogen (secondary N) is 1. The summed E-state index contributed by atoms with van der Waals surface area (Å²) in [5.74, 6) is -0.297. The highest BCUT2D eigenvalue weighted by Gasteiger charge is 2.54. The van der Waals surface area contributed by atoms with Gasteiger partial charge in [0.05, 0.1) is 0 Å². The first-order valence-corrected chi connectivity index (χ1v) is 8.41. The van der Waals surface area contributed by atoms with E-state index in [9.17, 15) is 9.90 Å². The van der Waals surface area contributed by atoms with Crippen LogP contribution in [0.1, 0.15) is 38.5 Å². The number of hydrogen-bond acceptors (Lipinski definition) is 4. The lowest BCUT2D eigenvalue weighted by atomic mass is 9.90. The quantitative estimate of drug-likeness (QED) is 0.734. The molecule has 21 heavy (non-hydrogen) atoms. The van der Waals surface area contributed by atoms with E-state index in [2.05, 4.69) is 29.2 Å². The van der Waals surface area contributed by atoms with Gasteiger partial charge in [-0.25, -0.2) is 0 Å². The van der Waals surface area contributed by atoms with Crippen molar-refractivity contribution in [2.24, 2.45) is 5.92 Å². The predicted molar refractivity (Wildman–Crippen MR) is 82.4 cm³/mol. The maximum atomic E-state index is 12.0. The average molecular weight is 295 g/mol. The molecular formula is C16H29N3O2. The van der Waals surface area contributed by atoms with Crippen molar-refractivity contribution in [1.82, 2.24) is 15.1 Å². The van der Waals surface area contributed by atoms with Crippen molar-refractivity contribution in [1.29, 1.82) is 0 Å². The van der Waals surface area contributed by atoms with Crippen LogP contribution in [0.4, 0.5) is 0 Å². The van der Waals surface area contributed by atoms with Gasteiger partial charge in [-0.3, -0.25) is 10.1 Å². The minimum absolute atomic E-state index is 0.335. The zero-order valence-electron chi connectivity index (χ0n) is 13.3. The summed E-state index contributed by atoms with van der Waals surface area (Å²) in [5, 5.41) is 13.4. The average Bonchev–Trinajstić information content (AvgIpc) is 3.31. The van der Waals surface area contributed by atoms with Crippen LogP contribution in [0.5, 0.6) is 0 Å². The Bertz CT molecular complexity index is 385. The fraction of sp³-hybridized carbons (Fsp3) is 0.938. The van der Waals surface area contributed by atoms with Crippen molar-refractivity contribution in [3.8, 4) is 0 Å². The molecule has 3 aliphatic rings. The molecule has 3 rings (SSSR count). The van der Waals surface area contributed by atoms with Gasteiger partial charge in [0.25, 0.3) is 0 Å². The molecule has 1 unspecified atom stereocenters. The smallest absolute Gasteiger partial charge is 0.325 e. The minimum atomic E-state index is -0.688. The summed E-state index contributed by atoms with van der Waals surface area (Å²) >= 11 is 0. The molecule has 0 radical (unpaired) electrons. The van der Waals surface area contributed by atoms with E-state index in [1.807, 2.05) is 0 Å². The number of nitrogens with zero attached hydrogens (tertiary/aromatic N) is 2. The van der Waals surface area contributed by atoms with Gasteiger partial charge in [-0.2, -0.15) is 0 Å². The summed E-state index contributed by atoms with van der Waals surface area (Å²) in [6.07, 6.45) is 6.73. The minimum Gasteiger partial charge on any atom is -0.480 e. The van der Waals surface area contributed by atoms with Crippen LogP contribution in [0.15, 0.2) is 0 Å². The molecule has 5 heteroatoms. The van der Waals surface area contributed by atoms with Gasteiger partial charge in [-0.1, -0.05) is 0 Å². The lowest BCUT2D eigenvalue weighted by molar-refractivity contribution is -0.147. The highest BCUT2D eigenvalue weighted by atomic mass is 16.4. The molecule has 3 fully saturated rings. The fourth-order valence-electron chi connectivity index (χ4n) is 3.71. The van der Waals surface area contributed by atoms with E-state index in [0.717, 1.165) is 51.6 Å². The van der Waals surface area contributed by atoms with E-state index in [1.165, 1.54) is 0 Å². The highest BCUT2D eigenvalue weighted by Crippen LogP contribution is 2.42. The maximum Gasteiger partial charge on any atom is 0.325 e. The van der Waals surface area contributed by atoms with Crippen LogP contribution in [0, 0.1) is 5.92 Å². The summed E-state index contributed by atoms with van der Waals surface area (Å²) in [6, 6.07) is 1.10. The Morgan fingerprint density at radius 1 is 1.19 bits per heavy atom. The van der Waals surface area contributed by atoms with Crippen LogP contribution in [-0.4, -0.2) is 72.2 Å². The van der Waals surface area contributed by atoms with Gasteiger partial charge in [0.15, 0.2) is 0 Å². The van der Waals surface area contributed by atoms with Crippen molar-refractivity contribution in [2.75, 3.05) is 33.7 Å². The van der Waals surface area contributed by atoms with E-state index in [4.69, 9.17) is 0 Å². The van der Waals surface area contributed by atoms with Crippen LogP contribution in [-0.2, 0) is 4.79 Å². The van der Waals surface area contributed by atoms with Crippen molar-refractivity contribution in [3.63, 3.8) is 0 Å². The lowest BCUT2D eigenvalue weighted by Gasteiger charge is -2.41. The number of rotatable bonds is 7. The molecule has 2 aliphatic carbocycles. The third-order valence-corrected chi connectivity index (χ3v) is 5.46. The first-order chi connectivity index (χ1) is 10.0. The second kappa shape index (κ2) is 5.86. The van der Waals surface area contributed by atoms with Gasteiger partial charge >= 0.3 is 5.97 Å². The summed E-state index contributed by atoms with van der Waals surface area (Å²) in [7, 11) is 4.28. The van der Waals surface area contributed by atoms with E-state index in [0.29, 0.717) is 24.5 Å². The van der Waals surface area contributed by atoms with Gasteiger partial charge in [0, 0.05) is 18.6 Å². The van der Waals surface area contributed by atoms with Gasteiger partial charge in [-0.05, 0) is 71.6 Å². The summed E-state index contributed by atoms with van der Waals surface area (Å²) in [4.78, 5) is 16.7. The molecule has 0 aromatic carbocycles. The fourth-order valence-corrected chi connectivity index (χ4v) is 3.71. The zero-order valence-corrected chi connectivity index (χ0v) is 13.3. The molecule has 0 bridgehead atoms. The monoisotopic (exact) mass is 295 g/mol. The number of aliphatic carboxylic acids is 1. The Balaban J connectivity index is 1.63. The SMILES string of the molecule is CN(C)C1CCN(CC(NC2CC2)(C(=O)O)C2CC2)CC1. The van der Waals surface area contributed by atoms with Gasteiger partial charge in [-0.15, -0.1) is 0 Å². The Morgan fingerprint density at radius 3 is 2.24 bits per heavy atom. The molecule has 1 atom stereocenters. The van der Waals surface area contributed by atoms with Crippen molar-refractivity contribution < 1.29 is 9.90 Å². The molecule has 0 spiro atoms. The van der Waals surface area contributed by atoms with Gasteiger partial charge in [0.1, 0.15) is 5.54 Å². The molecule has 0 amide bonds. The van der Waals surface area contributed by atoms with Crippen LogP contribution < -0.4 is 5.32 Å². The predicted octanol–water partition coefficient (Wildman–Crippen LogP) is 0.998. The van der Waals surface area contributed by atoms with Crippen LogP contribution >= 0.6 is 0 Å². The third-order valence-electron chi connectivity index (χ3n) is 5.46. The van der Waals surface area contributed by atoms with Gasteiger partial charge < -0.3 is 14.9 Å². The Morgan fingerprint density at radius 2 is 1.81 bits per heavy atom. The molecule has 0 aromatic heterocycles. The molecule has 0 aromatic rings.